The smallest absolute Gasteiger partial charge is 0.184 e. The Hall–Kier alpha value is -2.54. The van der Waals surface area contributed by atoms with Crippen LogP contribution in [-0.2, 0) is 38.8 Å². The van der Waals surface area contributed by atoms with Crippen molar-refractivity contribution in [2.24, 2.45) is 0 Å². The zero-order valence-electron chi connectivity index (χ0n) is 18.2. The molecule has 1 heterocycles. The fourth-order valence-corrected chi connectivity index (χ4v) is 3.89. The summed E-state index contributed by atoms with van der Waals surface area (Å²) in [6.45, 7) is 3.05. The number of ether oxygens (including phenoxy) is 4. The van der Waals surface area contributed by atoms with E-state index in [1.54, 1.807) is 0 Å². The first-order chi connectivity index (χ1) is 15.7. The van der Waals surface area contributed by atoms with Crippen LogP contribution in [0, 0.1) is 0 Å². The average Bonchev–Trinajstić information content (AvgIpc) is 2.83. The molecule has 1 aliphatic rings. The van der Waals surface area contributed by atoms with E-state index in [0.29, 0.717) is 19.8 Å². The number of hydrogen-bond donors (Lipinski definition) is 1. The van der Waals surface area contributed by atoms with Gasteiger partial charge in [0.05, 0.1) is 25.9 Å². The summed E-state index contributed by atoms with van der Waals surface area (Å²) in [6.07, 6.45) is -3.04. The van der Waals surface area contributed by atoms with Crippen LogP contribution in [0.4, 0.5) is 0 Å². The zero-order chi connectivity index (χ0) is 22.2. The molecule has 168 valence electrons. The first-order valence-corrected chi connectivity index (χ1v) is 11.0. The molecule has 32 heavy (non-hydrogen) atoms. The van der Waals surface area contributed by atoms with Crippen LogP contribution in [0.3, 0.4) is 0 Å². The van der Waals surface area contributed by atoms with Gasteiger partial charge in [-0.05, 0) is 23.6 Å². The van der Waals surface area contributed by atoms with E-state index in [4.69, 9.17) is 18.9 Å². The molecule has 1 aliphatic heterocycles. The predicted octanol–water partition coefficient (Wildman–Crippen LogP) is 4.48. The summed E-state index contributed by atoms with van der Waals surface area (Å²) in [6, 6.07) is 29.8. The molecule has 0 radical (unpaired) electrons. The third kappa shape index (κ3) is 6.03. The number of aliphatic hydroxyl groups is 1. The highest BCUT2D eigenvalue weighted by Crippen LogP contribution is 2.29. The van der Waals surface area contributed by atoms with Crippen molar-refractivity contribution in [3.8, 4) is 0 Å². The lowest BCUT2D eigenvalue weighted by atomic mass is 9.98. The van der Waals surface area contributed by atoms with Crippen molar-refractivity contribution in [3.05, 3.63) is 108 Å². The molecular weight excluding hydrogens is 404 g/mol. The molecule has 1 fully saturated rings. The van der Waals surface area contributed by atoms with E-state index in [2.05, 4.69) is 0 Å². The van der Waals surface area contributed by atoms with Crippen molar-refractivity contribution in [1.82, 2.24) is 0 Å². The zero-order valence-corrected chi connectivity index (χ0v) is 18.2. The lowest BCUT2D eigenvalue weighted by Crippen LogP contribution is -2.59. The monoisotopic (exact) mass is 434 g/mol. The van der Waals surface area contributed by atoms with Crippen LogP contribution >= 0.6 is 0 Å². The van der Waals surface area contributed by atoms with Gasteiger partial charge in [0.15, 0.2) is 6.29 Å². The van der Waals surface area contributed by atoms with Gasteiger partial charge in [0.1, 0.15) is 18.3 Å². The summed E-state index contributed by atoms with van der Waals surface area (Å²) in [5, 5.41) is 10.7. The highest BCUT2D eigenvalue weighted by atomic mass is 16.7. The fraction of sp³-hybridized carbons (Fsp3) is 0.333. The van der Waals surface area contributed by atoms with E-state index in [1.165, 1.54) is 0 Å². The Bertz CT molecular complexity index is 863. The maximum absolute atomic E-state index is 10.7. The van der Waals surface area contributed by atoms with Crippen molar-refractivity contribution in [1.29, 1.82) is 0 Å². The SMILES string of the molecule is C[C@H]1OC(O)[C@H](OCc2ccccc2)[C@@H](OCc2ccccc2)[C@H]1OCc1ccccc1. The quantitative estimate of drug-likeness (QED) is 0.538. The van der Waals surface area contributed by atoms with Gasteiger partial charge in [-0.3, -0.25) is 0 Å². The molecule has 1 unspecified atom stereocenters. The van der Waals surface area contributed by atoms with Crippen LogP contribution in [0.25, 0.3) is 0 Å². The van der Waals surface area contributed by atoms with Gasteiger partial charge >= 0.3 is 0 Å². The predicted molar refractivity (Wildman–Crippen MR) is 122 cm³/mol. The van der Waals surface area contributed by atoms with Crippen molar-refractivity contribution < 1.29 is 24.1 Å². The Kier molecular flexibility index (Phi) is 8.04. The fourth-order valence-electron chi connectivity index (χ4n) is 3.89. The molecule has 0 amide bonds. The molecule has 0 bridgehead atoms. The normalized spacial score (nSPS) is 25.5. The lowest BCUT2D eigenvalue weighted by Gasteiger charge is -2.43. The first-order valence-electron chi connectivity index (χ1n) is 11.0. The maximum Gasteiger partial charge on any atom is 0.184 e. The number of hydrogen-bond acceptors (Lipinski definition) is 5. The van der Waals surface area contributed by atoms with Crippen molar-refractivity contribution in [3.63, 3.8) is 0 Å². The number of aliphatic hydroxyl groups excluding tert-OH is 1. The van der Waals surface area contributed by atoms with E-state index in [-0.39, 0.29) is 6.10 Å². The minimum absolute atomic E-state index is 0.344. The Balaban J connectivity index is 1.50. The van der Waals surface area contributed by atoms with Gasteiger partial charge in [-0.2, -0.15) is 0 Å². The summed E-state index contributed by atoms with van der Waals surface area (Å²) in [4.78, 5) is 0. The van der Waals surface area contributed by atoms with Crippen molar-refractivity contribution in [2.45, 2.75) is 57.5 Å². The van der Waals surface area contributed by atoms with Gasteiger partial charge < -0.3 is 24.1 Å². The standard InChI is InChI=1S/C27H30O5/c1-20-24(29-17-21-11-5-2-6-12-21)25(30-18-22-13-7-3-8-14-22)26(27(28)32-20)31-19-23-15-9-4-10-16-23/h2-16,20,24-28H,17-19H2,1H3/t20-,24+,25+,26-,27?/m1/s1. The van der Waals surface area contributed by atoms with Gasteiger partial charge in [-0.1, -0.05) is 91.0 Å². The van der Waals surface area contributed by atoms with E-state index in [1.807, 2.05) is 97.9 Å². The Morgan fingerprint density at radius 1 is 0.594 bits per heavy atom. The summed E-state index contributed by atoms with van der Waals surface area (Å²) >= 11 is 0. The molecule has 4 rings (SSSR count). The highest BCUT2D eigenvalue weighted by molar-refractivity contribution is 5.15. The van der Waals surface area contributed by atoms with Gasteiger partial charge in [0.2, 0.25) is 0 Å². The third-order valence-corrected chi connectivity index (χ3v) is 5.60. The van der Waals surface area contributed by atoms with E-state index in [0.717, 1.165) is 16.7 Å². The minimum Gasteiger partial charge on any atom is -0.368 e. The molecule has 5 atom stereocenters. The molecule has 3 aromatic carbocycles. The topological polar surface area (TPSA) is 57.2 Å². The second-order valence-electron chi connectivity index (χ2n) is 8.02. The minimum atomic E-state index is -1.11. The molecule has 0 spiro atoms. The average molecular weight is 435 g/mol. The Morgan fingerprint density at radius 2 is 0.969 bits per heavy atom. The Labute approximate surface area is 189 Å². The molecule has 0 aromatic heterocycles. The number of rotatable bonds is 9. The van der Waals surface area contributed by atoms with Crippen LogP contribution < -0.4 is 0 Å². The molecule has 1 N–H and O–H groups in total. The molecule has 5 heteroatoms. The second kappa shape index (κ2) is 11.4. The second-order valence-corrected chi connectivity index (χ2v) is 8.02. The maximum atomic E-state index is 10.7. The molecule has 0 aliphatic carbocycles. The van der Waals surface area contributed by atoms with Crippen LogP contribution in [0.2, 0.25) is 0 Å². The third-order valence-electron chi connectivity index (χ3n) is 5.60. The molecule has 1 saturated heterocycles. The van der Waals surface area contributed by atoms with Gasteiger partial charge in [-0.25, -0.2) is 0 Å². The van der Waals surface area contributed by atoms with Gasteiger partial charge in [0, 0.05) is 0 Å². The van der Waals surface area contributed by atoms with E-state index >= 15 is 0 Å². The van der Waals surface area contributed by atoms with Crippen LogP contribution in [0.5, 0.6) is 0 Å². The van der Waals surface area contributed by atoms with Crippen molar-refractivity contribution in [2.75, 3.05) is 0 Å². The lowest BCUT2D eigenvalue weighted by molar-refractivity contribution is -0.308. The largest absolute Gasteiger partial charge is 0.368 e. The highest BCUT2D eigenvalue weighted by Gasteiger charge is 2.46. The summed E-state index contributed by atoms with van der Waals surface area (Å²) in [5.74, 6) is 0. The van der Waals surface area contributed by atoms with E-state index < -0.39 is 24.6 Å². The molecule has 0 saturated carbocycles. The molecule has 5 nitrogen and oxygen atoms in total. The summed E-state index contributed by atoms with van der Waals surface area (Å²) < 4.78 is 24.5. The number of benzene rings is 3. The summed E-state index contributed by atoms with van der Waals surface area (Å²) in [7, 11) is 0. The first kappa shape index (κ1) is 22.6. The van der Waals surface area contributed by atoms with Gasteiger partial charge in [-0.15, -0.1) is 0 Å². The Morgan fingerprint density at radius 3 is 1.41 bits per heavy atom. The van der Waals surface area contributed by atoms with Gasteiger partial charge in [0.25, 0.3) is 0 Å². The van der Waals surface area contributed by atoms with Crippen molar-refractivity contribution >= 4 is 0 Å². The van der Waals surface area contributed by atoms with Crippen LogP contribution in [-0.4, -0.2) is 35.8 Å². The van der Waals surface area contributed by atoms with Crippen LogP contribution in [0.15, 0.2) is 91.0 Å². The van der Waals surface area contributed by atoms with E-state index in [9.17, 15) is 5.11 Å². The molecule has 3 aromatic rings. The van der Waals surface area contributed by atoms with Crippen LogP contribution in [0.1, 0.15) is 23.6 Å². The molecular formula is C27H30O5. The summed E-state index contributed by atoms with van der Waals surface area (Å²) in [5.41, 5.74) is 3.13.